The number of hydrogen-bond donors (Lipinski definition) is 3. The highest BCUT2D eigenvalue weighted by Gasteiger charge is 2.14. The van der Waals surface area contributed by atoms with Gasteiger partial charge in [-0.25, -0.2) is 4.79 Å². The van der Waals surface area contributed by atoms with Gasteiger partial charge in [0.05, 0.1) is 0 Å². The first-order valence-electron chi connectivity index (χ1n) is 10.7. The van der Waals surface area contributed by atoms with Gasteiger partial charge in [0.1, 0.15) is 0 Å². The molecule has 0 saturated carbocycles. The maximum absolute atomic E-state index is 12.6. The Kier molecular flexibility index (Phi) is 7.85. The van der Waals surface area contributed by atoms with Crippen molar-refractivity contribution in [2.45, 2.75) is 52.4 Å². The van der Waals surface area contributed by atoms with E-state index in [-0.39, 0.29) is 18.0 Å². The molecule has 0 radical (unpaired) electrons. The van der Waals surface area contributed by atoms with Gasteiger partial charge in [-0.3, -0.25) is 9.69 Å². The van der Waals surface area contributed by atoms with Gasteiger partial charge in [-0.2, -0.15) is 0 Å². The average molecular weight is 409 g/mol. The molecule has 1 fully saturated rings. The van der Waals surface area contributed by atoms with E-state index < -0.39 is 0 Å². The van der Waals surface area contributed by atoms with Crippen molar-refractivity contribution < 1.29 is 9.59 Å². The van der Waals surface area contributed by atoms with Gasteiger partial charge in [0.25, 0.3) is 5.91 Å². The van der Waals surface area contributed by atoms with Crippen molar-refractivity contribution in [3.8, 4) is 0 Å². The standard InChI is InChI=1S/C24H32N4O2/c1-18(2)27-24(30)26-15-19-9-11-20(12-10-19)23(29)25-16-21-7-3-4-8-22(21)17-28-13-5-6-14-28/h3-4,7-12,18H,5-6,13-17H2,1-2H3,(H,25,29)(H2,26,27,30). The number of carbonyl (C=O) groups is 2. The second-order valence-electron chi connectivity index (χ2n) is 8.11. The van der Waals surface area contributed by atoms with Crippen molar-refractivity contribution in [3.63, 3.8) is 0 Å². The Morgan fingerprint density at radius 3 is 2.23 bits per heavy atom. The zero-order valence-corrected chi connectivity index (χ0v) is 17.9. The summed E-state index contributed by atoms with van der Waals surface area (Å²) in [6.45, 7) is 8.02. The first-order valence-corrected chi connectivity index (χ1v) is 10.7. The first-order chi connectivity index (χ1) is 14.5. The van der Waals surface area contributed by atoms with Crippen LogP contribution < -0.4 is 16.0 Å². The number of urea groups is 1. The lowest BCUT2D eigenvalue weighted by Gasteiger charge is -2.17. The summed E-state index contributed by atoms with van der Waals surface area (Å²) in [6.07, 6.45) is 2.54. The fourth-order valence-corrected chi connectivity index (χ4v) is 3.61. The van der Waals surface area contributed by atoms with Crippen LogP contribution in [0.25, 0.3) is 0 Å². The van der Waals surface area contributed by atoms with Gasteiger partial charge >= 0.3 is 6.03 Å². The molecule has 0 atom stereocenters. The highest BCUT2D eigenvalue weighted by molar-refractivity contribution is 5.94. The van der Waals surface area contributed by atoms with Gasteiger partial charge in [0.2, 0.25) is 0 Å². The molecule has 2 aromatic carbocycles. The topological polar surface area (TPSA) is 73.5 Å². The van der Waals surface area contributed by atoms with Crippen LogP contribution in [0.15, 0.2) is 48.5 Å². The molecule has 6 nitrogen and oxygen atoms in total. The van der Waals surface area contributed by atoms with Crippen molar-refractivity contribution in [1.82, 2.24) is 20.9 Å². The van der Waals surface area contributed by atoms with Crippen molar-refractivity contribution in [2.24, 2.45) is 0 Å². The van der Waals surface area contributed by atoms with Crippen LogP contribution in [0.2, 0.25) is 0 Å². The molecule has 6 heteroatoms. The number of benzene rings is 2. The maximum atomic E-state index is 12.6. The number of rotatable bonds is 8. The number of hydrogen-bond acceptors (Lipinski definition) is 3. The highest BCUT2D eigenvalue weighted by atomic mass is 16.2. The molecule has 30 heavy (non-hydrogen) atoms. The summed E-state index contributed by atoms with van der Waals surface area (Å²) in [7, 11) is 0. The predicted molar refractivity (Wildman–Crippen MR) is 119 cm³/mol. The lowest BCUT2D eigenvalue weighted by Crippen LogP contribution is -2.39. The summed E-state index contributed by atoms with van der Waals surface area (Å²) >= 11 is 0. The molecule has 0 aromatic heterocycles. The number of likely N-dealkylation sites (tertiary alicyclic amines) is 1. The minimum Gasteiger partial charge on any atom is -0.348 e. The smallest absolute Gasteiger partial charge is 0.315 e. The Bertz CT molecular complexity index is 843. The van der Waals surface area contributed by atoms with Gasteiger partial charge in [-0.1, -0.05) is 36.4 Å². The third kappa shape index (κ3) is 6.59. The molecule has 3 amide bonds. The summed E-state index contributed by atoms with van der Waals surface area (Å²) in [5, 5.41) is 8.63. The van der Waals surface area contributed by atoms with E-state index in [1.807, 2.05) is 32.0 Å². The highest BCUT2D eigenvalue weighted by Crippen LogP contribution is 2.16. The lowest BCUT2D eigenvalue weighted by atomic mass is 10.1. The lowest BCUT2D eigenvalue weighted by molar-refractivity contribution is 0.0950. The number of nitrogens with zero attached hydrogens (tertiary/aromatic N) is 1. The molecule has 1 heterocycles. The van der Waals surface area contributed by atoms with Crippen LogP contribution in [-0.2, 0) is 19.6 Å². The molecule has 0 aliphatic carbocycles. The number of amides is 3. The number of nitrogens with one attached hydrogen (secondary N) is 3. The molecule has 3 rings (SSSR count). The predicted octanol–water partition coefficient (Wildman–Crippen LogP) is 3.42. The van der Waals surface area contributed by atoms with Crippen LogP contribution in [0.5, 0.6) is 0 Å². The van der Waals surface area contributed by atoms with E-state index >= 15 is 0 Å². The zero-order chi connectivity index (χ0) is 21.3. The SMILES string of the molecule is CC(C)NC(=O)NCc1ccc(C(=O)NCc2ccccc2CN2CCCC2)cc1. The minimum atomic E-state index is -0.195. The first kappa shape index (κ1) is 21.8. The molecule has 160 valence electrons. The van der Waals surface area contributed by atoms with Gasteiger partial charge < -0.3 is 16.0 Å². The largest absolute Gasteiger partial charge is 0.348 e. The normalized spacial score (nSPS) is 14.0. The van der Waals surface area contributed by atoms with Crippen molar-refractivity contribution in [2.75, 3.05) is 13.1 Å². The molecule has 0 bridgehead atoms. The van der Waals surface area contributed by atoms with Crippen LogP contribution in [0.3, 0.4) is 0 Å². The van der Waals surface area contributed by atoms with Crippen LogP contribution in [0, 0.1) is 0 Å². The minimum absolute atomic E-state index is 0.0940. The van der Waals surface area contributed by atoms with Crippen LogP contribution in [0.4, 0.5) is 4.79 Å². The van der Waals surface area contributed by atoms with Crippen molar-refractivity contribution in [3.05, 3.63) is 70.8 Å². The van der Waals surface area contributed by atoms with E-state index in [4.69, 9.17) is 0 Å². The van der Waals surface area contributed by atoms with Crippen molar-refractivity contribution in [1.29, 1.82) is 0 Å². The van der Waals surface area contributed by atoms with E-state index in [0.717, 1.165) is 30.8 Å². The van der Waals surface area contributed by atoms with Crippen LogP contribution in [0.1, 0.15) is 53.7 Å². The van der Waals surface area contributed by atoms with Gasteiger partial charge in [0.15, 0.2) is 0 Å². The van der Waals surface area contributed by atoms with Gasteiger partial charge in [-0.15, -0.1) is 0 Å². The molecule has 0 spiro atoms. The van der Waals surface area contributed by atoms with Crippen LogP contribution >= 0.6 is 0 Å². The monoisotopic (exact) mass is 408 g/mol. The molecule has 0 unspecified atom stereocenters. The molecule has 1 aliphatic heterocycles. The quantitative estimate of drug-likeness (QED) is 0.627. The summed E-state index contributed by atoms with van der Waals surface area (Å²) < 4.78 is 0. The summed E-state index contributed by atoms with van der Waals surface area (Å²) in [6, 6.07) is 15.5. The second kappa shape index (κ2) is 10.8. The third-order valence-corrected chi connectivity index (χ3v) is 5.24. The van der Waals surface area contributed by atoms with Gasteiger partial charge in [0, 0.05) is 31.2 Å². The fraction of sp³-hybridized carbons (Fsp3) is 0.417. The molecule has 1 aliphatic rings. The Morgan fingerprint density at radius 1 is 0.900 bits per heavy atom. The zero-order valence-electron chi connectivity index (χ0n) is 17.9. The van der Waals surface area contributed by atoms with Crippen LogP contribution in [-0.4, -0.2) is 36.0 Å². The number of carbonyl (C=O) groups excluding carboxylic acids is 2. The molecular weight excluding hydrogens is 376 g/mol. The fourth-order valence-electron chi connectivity index (χ4n) is 3.61. The summed E-state index contributed by atoms with van der Waals surface area (Å²) in [4.78, 5) is 26.7. The Balaban J connectivity index is 1.51. The second-order valence-corrected chi connectivity index (χ2v) is 8.11. The molecular formula is C24H32N4O2. The Morgan fingerprint density at radius 2 is 1.57 bits per heavy atom. The molecule has 1 saturated heterocycles. The maximum Gasteiger partial charge on any atom is 0.315 e. The molecule has 3 N–H and O–H groups in total. The van der Waals surface area contributed by atoms with Gasteiger partial charge in [-0.05, 0) is 68.6 Å². The summed E-state index contributed by atoms with van der Waals surface area (Å²) in [5.41, 5.74) is 4.00. The van der Waals surface area contributed by atoms with E-state index in [9.17, 15) is 9.59 Å². The van der Waals surface area contributed by atoms with E-state index in [1.165, 1.54) is 18.4 Å². The third-order valence-electron chi connectivity index (χ3n) is 5.24. The molecule has 2 aromatic rings. The summed E-state index contributed by atoms with van der Waals surface area (Å²) in [5.74, 6) is -0.0944. The Hall–Kier alpha value is -2.86. The van der Waals surface area contributed by atoms with E-state index in [2.05, 4.69) is 39.0 Å². The van der Waals surface area contributed by atoms with E-state index in [1.54, 1.807) is 12.1 Å². The Labute approximate surface area is 179 Å². The van der Waals surface area contributed by atoms with E-state index in [0.29, 0.717) is 18.7 Å². The average Bonchev–Trinajstić information content (AvgIpc) is 3.24. The van der Waals surface area contributed by atoms with Crippen molar-refractivity contribution >= 4 is 11.9 Å².